The van der Waals surface area contributed by atoms with Gasteiger partial charge in [0.05, 0.1) is 13.7 Å². The van der Waals surface area contributed by atoms with Gasteiger partial charge in [-0.05, 0) is 37.0 Å². The van der Waals surface area contributed by atoms with Crippen LogP contribution in [0.25, 0.3) is 0 Å². The Labute approximate surface area is 129 Å². The van der Waals surface area contributed by atoms with Gasteiger partial charge in [-0.15, -0.1) is 0 Å². The monoisotopic (exact) mass is 293 g/mol. The molecule has 0 amide bonds. The number of hydrogen-bond donors (Lipinski definition) is 1. The second-order valence-corrected chi connectivity index (χ2v) is 5.79. The Morgan fingerprint density at radius 1 is 1.24 bits per heavy atom. The molecular formula is C18H31NO2. The summed E-state index contributed by atoms with van der Waals surface area (Å²) in [6, 6.07) is 6.12. The molecule has 3 nitrogen and oxygen atoms in total. The Hall–Kier alpha value is -1.06. The summed E-state index contributed by atoms with van der Waals surface area (Å²) in [6.45, 7) is 7.87. The van der Waals surface area contributed by atoms with E-state index in [4.69, 9.17) is 15.2 Å². The van der Waals surface area contributed by atoms with E-state index in [2.05, 4.69) is 19.9 Å². The molecule has 2 atom stereocenters. The average Bonchev–Trinajstić information content (AvgIpc) is 2.50. The summed E-state index contributed by atoms with van der Waals surface area (Å²) in [5.74, 6) is 1.54. The van der Waals surface area contributed by atoms with Crippen LogP contribution < -0.4 is 10.5 Å². The van der Waals surface area contributed by atoms with E-state index in [-0.39, 0.29) is 6.04 Å². The lowest BCUT2D eigenvalue weighted by molar-refractivity contribution is 0.0806. The molecule has 0 bridgehead atoms. The first-order chi connectivity index (χ1) is 10.1. The summed E-state index contributed by atoms with van der Waals surface area (Å²) in [4.78, 5) is 0. The number of benzene rings is 1. The highest BCUT2D eigenvalue weighted by Gasteiger charge is 2.10. The molecule has 0 heterocycles. The number of rotatable bonds is 10. The maximum atomic E-state index is 5.95. The van der Waals surface area contributed by atoms with Gasteiger partial charge in [-0.1, -0.05) is 39.2 Å². The van der Waals surface area contributed by atoms with Crippen molar-refractivity contribution in [3.8, 4) is 5.75 Å². The van der Waals surface area contributed by atoms with Gasteiger partial charge in [0.1, 0.15) is 5.75 Å². The molecule has 1 rings (SSSR count). The molecule has 0 aliphatic carbocycles. The minimum Gasteiger partial charge on any atom is -0.496 e. The fourth-order valence-corrected chi connectivity index (χ4v) is 2.43. The lowest BCUT2D eigenvalue weighted by Gasteiger charge is -2.16. The van der Waals surface area contributed by atoms with E-state index >= 15 is 0 Å². The van der Waals surface area contributed by atoms with Gasteiger partial charge >= 0.3 is 0 Å². The van der Waals surface area contributed by atoms with Gasteiger partial charge in [0.25, 0.3) is 0 Å². The summed E-state index contributed by atoms with van der Waals surface area (Å²) in [7, 11) is 1.69. The van der Waals surface area contributed by atoms with Gasteiger partial charge in [-0.2, -0.15) is 0 Å². The number of nitrogens with two attached hydrogens (primary N) is 1. The van der Waals surface area contributed by atoms with E-state index in [9.17, 15) is 0 Å². The Kier molecular flexibility index (Phi) is 8.40. The maximum absolute atomic E-state index is 5.95. The molecular weight excluding hydrogens is 262 g/mol. The van der Waals surface area contributed by atoms with E-state index in [1.807, 2.05) is 19.1 Å². The number of unbranched alkanes of at least 4 members (excludes halogenated alkanes) is 1. The first-order valence-corrected chi connectivity index (χ1v) is 8.12. The summed E-state index contributed by atoms with van der Waals surface area (Å²) in [6.07, 6.45) is 4.97. The van der Waals surface area contributed by atoms with Gasteiger partial charge in [-0.3, -0.25) is 0 Å². The molecule has 1 aromatic rings. The number of methoxy groups -OCH3 is 1. The molecule has 0 spiro atoms. The van der Waals surface area contributed by atoms with Crippen LogP contribution in [0.1, 0.15) is 63.6 Å². The van der Waals surface area contributed by atoms with Crippen molar-refractivity contribution in [2.24, 2.45) is 11.7 Å². The SMILES string of the molecule is CCCCC(CC)COCc1cc(C(C)N)ccc1OC. The highest BCUT2D eigenvalue weighted by atomic mass is 16.5. The van der Waals surface area contributed by atoms with E-state index in [0.29, 0.717) is 12.5 Å². The summed E-state index contributed by atoms with van der Waals surface area (Å²) >= 11 is 0. The van der Waals surface area contributed by atoms with Crippen molar-refractivity contribution in [2.45, 2.75) is 59.1 Å². The lowest BCUT2D eigenvalue weighted by atomic mass is 10.0. The van der Waals surface area contributed by atoms with Crippen LogP contribution in [-0.4, -0.2) is 13.7 Å². The zero-order valence-electron chi connectivity index (χ0n) is 14.0. The third kappa shape index (κ3) is 6.06. The summed E-state index contributed by atoms with van der Waals surface area (Å²) in [5.41, 5.74) is 8.14. The largest absolute Gasteiger partial charge is 0.496 e. The molecule has 0 aromatic heterocycles. The van der Waals surface area contributed by atoms with E-state index in [1.54, 1.807) is 7.11 Å². The van der Waals surface area contributed by atoms with Gasteiger partial charge < -0.3 is 15.2 Å². The highest BCUT2D eigenvalue weighted by Crippen LogP contribution is 2.24. The standard InChI is InChI=1S/C18H31NO2/c1-5-7-8-15(6-2)12-21-13-17-11-16(14(3)19)9-10-18(17)20-4/h9-11,14-15H,5-8,12-13,19H2,1-4H3. The van der Waals surface area contributed by atoms with E-state index in [1.165, 1.54) is 25.7 Å². The zero-order chi connectivity index (χ0) is 15.7. The van der Waals surface area contributed by atoms with Crippen molar-refractivity contribution in [2.75, 3.05) is 13.7 Å². The third-order valence-corrected chi connectivity index (χ3v) is 3.98. The minimum absolute atomic E-state index is 0.0302. The predicted molar refractivity (Wildman–Crippen MR) is 88.6 cm³/mol. The van der Waals surface area contributed by atoms with Crippen LogP contribution in [0.4, 0.5) is 0 Å². The van der Waals surface area contributed by atoms with Gasteiger partial charge in [0.2, 0.25) is 0 Å². The quantitative estimate of drug-likeness (QED) is 0.693. The minimum atomic E-state index is 0.0302. The number of hydrogen-bond acceptors (Lipinski definition) is 3. The second-order valence-electron chi connectivity index (χ2n) is 5.79. The van der Waals surface area contributed by atoms with Crippen LogP contribution in [0.5, 0.6) is 5.75 Å². The molecule has 1 aromatic carbocycles. The summed E-state index contributed by atoms with van der Waals surface area (Å²) in [5, 5.41) is 0. The Balaban J connectivity index is 2.58. The molecule has 2 N–H and O–H groups in total. The third-order valence-electron chi connectivity index (χ3n) is 3.98. The lowest BCUT2D eigenvalue weighted by Crippen LogP contribution is -2.10. The van der Waals surface area contributed by atoms with Crippen LogP contribution in [-0.2, 0) is 11.3 Å². The van der Waals surface area contributed by atoms with E-state index < -0.39 is 0 Å². The van der Waals surface area contributed by atoms with Gasteiger partial charge in [-0.25, -0.2) is 0 Å². The van der Waals surface area contributed by atoms with Crippen molar-refractivity contribution in [3.63, 3.8) is 0 Å². The van der Waals surface area contributed by atoms with Crippen LogP contribution in [0.15, 0.2) is 18.2 Å². The smallest absolute Gasteiger partial charge is 0.124 e. The van der Waals surface area contributed by atoms with Crippen LogP contribution in [0, 0.1) is 5.92 Å². The van der Waals surface area contributed by atoms with Crippen LogP contribution in [0.3, 0.4) is 0 Å². The zero-order valence-corrected chi connectivity index (χ0v) is 14.0. The van der Waals surface area contributed by atoms with Crippen LogP contribution in [0.2, 0.25) is 0 Å². The fourth-order valence-electron chi connectivity index (χ4n) is 2.43. The van der Waals surface area contributed by atoms with Crippen molar-refractivity contribution in [3.05, 3.63) is 29.3 Å². The highest BCUT2D eigenvalue weighted by molar-refractivity contribution is 5.37. The Morgan fingerprint density at radius 2 is 2.00 bits per heavy atom. The first kappa shape index (κ1) is 18.0. The average molecular weight is 293 g/mol. The molecule has 21 heavy (non-hydrogen) atoms. The van der Waals surface area contributed by atoms with Gasteiger partial charge in [0, 0.05) is 18.2 Å². The van der Waals surface area contributed by atoms with Crippen molar-refractivity contribution in [1.82, 2.24) is 0 Å². The molecule has 2 unspecified atom stereocenters. The van der Waals surface area contributed by atoms with Crippen molar-refractivity contribution in [1.29, 1.82) is 0 Å². The van der Waals surface area contributed by atoms with E-state index in [0.717, 1.165) is 23.5 Å². The first-order valence-electron chi connectivity index (χ1n) is 8.12. The molecule has 0 radical (unpaired) electrons. The molecule has 0 saturated heterocycles. The second kappa shape index (κ2) is 9.80. The Morgan fingerprint density at radius 3 is 2.57 bits per heavy atom. The maximum Gasteiger partial charge on any atom is 0.124 e. The normalized spacial score (nSPS) is 14.0. The Bertz CT molecular complexity index is 404. The topological polar surface area (TPSA) is 44.5 Å². The molecule has 0 aliphatic rings. The number of ether oxygens (including phenoxy) is 2. The van der Waals surface area contributed by atoms with Gasteiger partial charge in [0.15, 0.2) is 0 Å². The molecule has 0 saturated carbocycles. The summed E-state index contributed by atoms with van der Waals surface area (Å²) < 4.78 is 11.3. The molecule has 0 aliphatic heterocycles. The molecule has 0 fully saturated rings. The van der Waals surface area contributed by atoms with Crippen molar-refractivity contribution >= 4 is 0 Å². The van der Waals surface area contributed by atoms with Crippen LogP contribution >= 0.6 is 0 Å². The molecule has 120 valence electrons. The van der Waals surface area contributed by atoms with Crippen molar-refractivity contribution < 1.29 is 9.47 Å². The molecule has 3 heteroatoms. The predicted octanol–water partition coefficient (Wildman–Crippen LogP) is 4.45. The fraction of sp³-hybridized carbons (Fsp3) is 0.667.